The number of nitrogens with one attached hydrogen (secondary N) is 2. The summed E-state index contributed by atoms with van der Waals surface area (Å²) < 4.78 is 0. The van der Waals surface area contributed by atoms with E-state index in [0.29, 0.717) is 0 Å². The lowest BCUT2D eigenvalue weighted by molar-refractivity contribution is 0.0678. The Morgan fingerprint density at radius 1 is 1.10 bits per heavy atom. The van der Waals surface area contributed by atoms with Crippen LogP contribution in [0.1, 0.15) is 31.1 Å². The molecule has 4 N–H and O–H groups in total. The highest BCUT2D eigenvalue weighted by Gasteiger charge is 2.20. The van der Waals surface area contributed by atoms with Gasteiger partial charge in [-0.1, -0.05) is 6.08 Å². The summed E-state index contributed by atoms with van der Waals surface area (Å²) in [4.78, 5) is 45.1. The maximum atomic E-state index is 11.9. The number of imide groups is 1. The molecule has 1 aromatic rings. The summed E-state index contributed by atoms with van der Waals surface area (Å²) in [5.41, 5.74) is -1.10. The van der Waals surface area contributed by atoms with Gasteiger partial charge in [-0.3, -0.25) is 10.1 Å². The van der Waals surface area contributed by atoms with Gasteiger partial charge in [0, 0.05) is 6.54 Å². The van der Waals surface area contributed by atoms with Gasteiger partial charge in [-0.05, 0) is 18.2 Å². The van der Waals surface area contributed by atoms with Gasteiger partial charge in [0.1, 0.15) is 0 Å². The lowest BCUT2D eigenvalue weighted by Gasteiger charge is -2.08. The normalized spacial score (nSPS) is 9.52. The van der Waals surface area contributed by atoms with E-state index in [1.807, 2.05) is 5.32 Å². The zero-order chi connectivity index (χ0) is 16.0. The Hall–Kier alpha value is -3.16. The second-order valence-electron chi connectivity index (χ2n) is 3.82. The van der Waals surface area contributed by atoms with Gasteiger partial charge in [-0.2, -0.15) is 0 Å². The van der Waals surface area contributed by atoms with E-state index in [1.165, 1.54) is 6.08 Å². The highest BCUT2D eigenvalue weighted by Crippen LogP contribution is 2.13. The number of hydrogen-bond acceptors (Lipinski definition) is 4. The van der Waals surface area contributed by atoms with Gasteiger partial charge in [0.2, 0.25) is 0 Å². The number of amides is 3. The third-order valence-electron chi connectivity index (χ3n) is 2.38. The molecule has 3 amide bonds. The molecule has 0 bridgehead atoms. The lowest BCUT2D eigenvalue weighted by atomic mass is 10.0. The zero-order valence-electron chi connectivity index (χ0n) is 10.8. The van der Waals surface area contributed by atoms with Crippen LogP contribution < -0.4 is 10.6 Å². The molecular weight excluding hydrogens is 280 g/mol. The Balaban J connectivity index is 3.08. The predicted molar refractivity (Wildman–Crippen MR) is 71.4 cm³/mol. The van der Waals surface area contributed by atoms with Crippen molar-refractivity contribution in [1.29, 1.82) is 0 Å². The van der Waals surface area contributed by atoms with Crippen molar-refractivity contribution in [2.24, 2.45) is 0 Å². The van der Waals surface area contributed by atoms with Crippen molar-refractivity contribution in [3.63, 3.8) is 0 Å². The minimum Gasteiger partial charge on any atom is -0.478 e. The number of benzene rings is 1. The van der Waals surface area contributed by atoms with Gasteiger partial charge in [-0.15, -0.1) is 6.58 Å². The first-order valence-electron chi connectivity index (χ1n) is 5.67. The second kappa shape index (κ2) is 6.85. The third kappa shape index (κ3) is 4.16. The van der Waals surface area contributed by atoms with E-state index in [2.05, 4.69) is 11.9 Å². The maximum Gasteiger partial charge on any atom is 0.336 e. The maximum absolute atomic E-state index is 11.9. The first-order chi connectivity index (χ1) is 9.86. The number of rotatable bonds is 5. The molecule has 0 atom stereocenters. The number of urea groups is 1. The van der Waals surface area contributed by atoms with Crippen LogP contribution in [0.15, 0.2) is 30.9 Å². The molecule has 0 saturated heterocycles. The van der Waals surface area contributed by atoms with Gasteiger partial charge < -0.3 is 15.5 Å². The van der Waals surface area contributed by atoms with Crippen molar-refractivity contribution in [2.75, 3.05) is 6.54 Å². The number of carboxylic acids is 2. The van der Waals surface area contributed by atoms with Crippen LogP contribution in [0.4, 0.5) is 4.79 Å². The van der Waals surface area contributed by atoms with Crippen molar-refractivity contribution in [2.45, 2.75) is 0 Å². The van der Waals surface area contributed by atoms with Crippen molar-refractivity contribution in [3.8, 4) is 0 Å². The van der Waals surface area contributed by atoms with Gasteiger partial charge in [0.15, 0.2) is 0 Å². The number of hydrogen-bond donors (Lipinski definition) is 4. The van der Waals surface area contributed by atoms with E-state index in [0.717, 1.165) is 18.2 Å². The molecule has 1 rings (SSSR count). The number of carboxylic acid groups (broad SMARTS) is 2. The van der Waals surface area contributed by atoms with Crippen molar-refractivity contribution in [3.05, 3.63) is 47.5 Å². The molecule has 0 aliphatic carbocycles. The topological polar surface area (TPSA) is 133 Å². The Morgan fingerprint density at radius 3 is 2.29 bits per heavy atom. The van der Waals surface area contributed by atoms with E-state index >= 15 is 0 Å². The van der Waals surface area contributed by atoms with Gasteiger partial charge >= 0.3 is 18.0 Å². The molecule has 0 spiro atoms. The first-order valence-corrected chi connectivity index (χ1v) is 5.67. The first kappa shape index (κ1) is 15.9. The molecule has 0 aromatic heterocycles. The minimum atomic E-state index is -1.41. The average molecular weight is 292 g/mol. The summed E-state index contributed by atoms with van der Waals surface area (Å²) in [6.45, 7) is 3.48. The monoisotopic (exact) mass is 292 g/mol. The second-order valence-corrected chi connectivity index (χ2v) is 3.82. The molecule has 0 heterocycles. The summed E-state index contributed by atoms with van der Waals surface area (Å²) in [7, 11) is 0. The van der Waals surface area contributed by atoms with Crippen LogP contribution in [0, 0.1) is 0 Å². The summed E-state index contributed by atoms with van der Waals surface area (Å²) in [5.74, 6) is -3.75. The van der Waals surface area contributed by atoms with Crippen molar-refractivity contribution in [1.82, 2.24) is 10.6 Å². The summed E-state index contributed by atoms with van der Waals surface area (Å²) in [6.07, 6.45) is 1.39. The molecule has 8 nitrogen and oxygen atoms in total. The summed E-state index contributed by atoms with van der Waals surface area (Å²) in [5, 5.41) is 22.0. The molecule has 0 unspecified atom stereocenters. The molecule has 0 saturated carbocycles. The van der Waals surface area contributed by atoms with E-state index in [-0.39, 0.29) is 12.1 Å². The standard InChI is InChI=1S/C13H12N2O6/c1-2-5-14-13(21)15-10(16)9-6-7(11(17)18)3-4-8(9)12(19)20/h2-4,6H,1,5H2,(H,17,18)(H,19,20)(H2,14,15,16,21). The van der Waals surface area contributed by atoms with Crippen LogP contribution >= 0.6 is 0 Å². The fourth-order valence-electron chi connectivity index (χ4n) is 1.43. The largest absolute Gasteiger partial charge is 0.478 e. The van der Waals surface area contributed by atoms with Crippen LogP contribution in [0.3, 0.4) is 0 Å². The molecule has 1 aromatic carbocycles. The predicted octanol–water partition coefficient (Wildman–Crippen LogP) is 0.708. The number of aromatic carboxylic acids is 2. The van der Waals surface area contributed by atoms with Crippen molar-refractivity contribution < 1.29 is 29.4 Å². The van der Waals surface area contributed by atoms with E-state index in [4.69, 9.17) is 10.2 Å². The highest BCUT2D eigenvalue weighted by molar-refractivity contribution is 6.11. The Bertz CT molecular complexity index is 623. The van der Waals surface area contributed by atoms with Crippen LogP contribution in [0.5, 0.6) is 0 Å². The molecule has 0 aliphatic rings. The summed E-state index contributed by atoms with van der Waals surface area (Å²) in [6, 6.07) is 2.09. The zero-order valence-corrected chi connectivity index (χ0v) is 10.8. The molecular formula is C13H12N2O6. The Labute approximate surface area is 119 Å². The highest BCUT2D eigenvalue weighted by atomic mass is 16.4. The van der Waals surface area contributed by atoms with Gasteiger partial charge in [0.05, 0.1) is 16.7 Å². The molecule has 110 valence electrons. The Kier molecular flexibility index (Phi) is 5.18. The molecule has 8 heteroatoms. The lowest BCUT2D eigenvalue weighted by Crippen LogP contribution is -2.40. The number of carbonyl (C=O) groups excluding carboxylic acids is 2. The van der Waals surface area contributed by atoms with E-state index < -0.39 is 35.0 Å². The smallest absolute Gasteiger partial charge is 0.336 e. The summed E-state index contributed by atoms with van der Waals surface area (Å²) >= 11 is 0. The van der Waals surface area contributed by atoms with Crippen molar-refractivity contribution >= 4 is 23.9 Å². The fourth-order valence-corrected chi connectivity index (χ4v) is 1.43. The van der Waals surface area contributed by atoms with E-state index in [9.17, 15) is 19.2 Å². The number of carbonyl (C=O) groups is 4. The average Bonchev–Trinajstić information content (AvgIpc) is 2.44. The third-order valence-corrected chi connectivity index (χ3v) is 2.38. The SMILES string of the molecule is C=CCNC(=O)NC(=O)c1cc(C(=O)O)ccc1C(=O)O. The molecule has 21 heavy (non-hydrogen) atoms. The fraction of sp³-hybridized carbons (Fsp3) is 0.0769. The molecule has 0 fully saturated rings. The van der Waals surface area contributed by atoms with Gasteiger partial charge in [-0.25, -0.2) is 14.4 Å². The quantitative estimate of drug-likeness (QED) is 0.591. The van der Waals surface area contributed by atoms with E-state index in [1.54, 1.807) is 0 Å². The Morgan fingerprint density at radius 2 is 1.76 bits per heavy atom. The van der Waals surface area contributed by atoms with Gasteiger partial charge in [0.25, 0.3) is 5.91 Å². The van der Waals surface area contributed by atoms with Crippen LogP contribution in [0.25, 0.3) is 0 Å². The van der Waals surface area contributed by atoms with Crippen LogP contribution in [-0.2, 0) is 0 Å². The van der Waals surface area contributed by atoms with Crippen LogP contribution in [0.2, 0.25) is 0 Å². The van der Waals surface area contributed by atoms with Crippen LogP contribution in [-0.4, -0.2) is 40.6 Å². The molecule has 0 aliphatic heterocycles. The minimum absolute atomic E-state index is 0.111. The molecule has 0 radical (unpaired) electrons.